The normalized spacial score (nSPS) is 24.8. The lowest BCUT2D eigenvalue weighted by Crippen LogP contribution is -2.38. The summed E-state index contributed by atoms with van der Waals surface area (Å²) in [6, 6.07) is 7.53. The molecule has 1 N–H and O–H groups in total. The van der Waals surface area contributed by atoms with Crippen LogP contribution in [0.15, 0.2) is 45.0 Å². The molecule has 1 saturated carbocycles. The van der Waals surface area contributed by atoms with Gasteiger partial charge in [-0.2, -0.15) is 0 Å². The first kappa shape index (κ1) is 15.2. The van der Waals surface area contributed by atoms with Crippen molar-refractivity contribution >= 4 is 33.4 Å². The van der Waals surface area contributed by atoms with E-state index in [-0.39, 0.29) is 11.4 Å². The average Bonchev–Trinajstić information content (AvgIpc) is 2.46. The number of rotatable bonds is 2. The Morgan fingerprint density at radius 2 is 1.91 bits per heavy atom. The smallest absolute Gasteiger partial charge is 0.334 e. The van der Waals surface area contributed by atoms with Crippen LogP contribution in [0.1, 0.15) is 37.7 Å². The molecule has 22 heavy (non-hydrogen) atoms. The van der Waals surface area contributed by atoms with Crippen LogP contribution in [0.5, 0.6) is 0 Å². The highest BCUT2D eigenvalue weighted by Gasteiger charge is 2.43. The number of allylic oxidation sites excluding steroid dienone is 1. The van der Waals surface area contributed by atoms with E-state index in [2.05, 4.69) is 20.9 Å². The van der Waals surface area contributed by atoms with Crippen molar-refractivity contribution in [2.45, 2.75) is 32.1 Å². The number of ketones is 1. The second-order valence-corrected chi connectivity index (χ2v) is 6.65. The van der Waals surface area contributed by atoms with Crippen molar-refractivity contribution < 1.29 is 14.7 Å². The Balaban J connectivity index is 2.17. The summed E-state index contributed by atoms with van der Waals surface area (Å²) in [6.07, 6.45) is 2.08. The van der Waals surface area contributed by atoms with Gasteiger partial charge < -0.3 is 5.11 Å². The number of hydrogen-bond acceptors (Lipinski definition) is 3. The summed E-state index contributed by atoms with van der Waals surface area (Å²) in [4.78, 5) is 28.6. The Morgan fingerprint density at radius 3 is 2.55 bits per heavy atom. The summed E-state index contributed by atoms with van der Waals surface area (Å²) in [6.45, 7) is 1.72. The van der Waals surface area contributed by atoms with Gasteiger partial charge in [0, 0.05) is 28.2 Å². The average molecular weight is 362 g/mol. The summed E-state index contributed by atoms with van der Waals surface area (Å²) in [5.41, 5.74) is 2.45. The van der Waals surface area contributed by atoms with Crippen molar-refractivity contribution in [1.29, 1.82) is 0 Å². The summed E-state index contributed by atoms with van der Waals surface area (Å²) in [5, 5.41) is 9.62. The number of aliphatic imine (C=N–C) groups is 1. The fourth-order valence-corrected chi connectivity index (χ4v) is 3.69. The van der Waals surface area contributed by atoms with Gasteiger partial charge in [-0.1, -0.05) is 28.1 Å². The number of carbonyl (C=O) groups excluding carboxylic acids is 1. The van der Waals surface area contributed by atoms with Crippen LogP contribution < -0.4 is 0 Å². The van der Waals surface area contributed by atoms with Crippen molar-refractivity contribution in [3.05, 3.63) is 45.6 Å². The Kier molecular flexibility index (Phi) is 4.00. The molecule has 0 saturated heterocycles. The van der Waals surface area contributed by atoms with Gasteiger partial charge in [-0.25, -0.2) is 4.79 Å². The zero-order valence-corrected chi connectivity index (χ0v) is 13.8. The molecule has 1 aromatic carbocycles. The van der Waals surface area contributed by atoms with Crippen LogP contribution in [-0.2, 0) is 9.59 Å². The molecule has 0 spiro atoms. The summed E-state index contributed by atoms with van der Waals surface area (Å²) >= 11 is 3.39. The fourth-order valence-electron chi connectivity index (χ4n) is 3.43. The SMILES string of the molecule is CC1=C(C(=O)O)C(c2ccc(Br)cc2)C2C(=O)CCCC2=N1. The van der Waals surface area contributed by atoms with Crippen LogP contribution in [0.25, 0.3) is 0 Å². The topological polar surface area (TPSA) is 66.7 Å². The molecule has 2 atom stereocenters. The molecular weight excluding hydrogens is 346 g/mol. The quantitative estimate of drug-likeness (QED) is 0.872. The van der Waals surface area contributed by atoms with Crippen LogP contribution >= 0.6 is 15.9 Å². The van der Waals surface area contributed by atoms with Crippen molar-refractivity contribution in [1.82, 2.24) is 0 Å². The molecule has 0 aromatic heterocycles. The van der Waals surface area contributed by atoms with E-state index in [4.69, 9.17) is 0 Å². The van der Waals surface area contributed by atoms with E-state index in [9.17, 15) is 14.7 Å². The monoisotopic (exact) mass is 361 g/mol. The molecule has 2 aliphatic rings. The molecule has 3 rings (SSSR count). The fraction of sp³-hybridized carbons (Fsp3) is 0.353. The van der Waals surface area contributed by atoms with Crippen LogP contribution in [0.3, 0.4) is 0 Å². The third-order valence-corrected chi connectivity index (χ3v) is 4.90. The first-order chi connectivity index (χ1) is 10.5. The molecular formula is C17H16BrNO3. The number of carbonyl (C=O) groups is 2. The lowest BCUT2D eigenvalue weighted by Gasteiger charge is -2.35. The number of fused-ring (bicyclic) bond motifs is 1. The summed E-state index contributed by atoms with van der Waals surface area (Å²) in [5.74, 6) is -1.76. The third kappa shape index (κ3) is 2.54. The van der Waals surface area contributed by atoms with E-state index in [0.717, 1.165) is 28.6 Å². The van der Waals surface area contributed by atoms with Gasteiger partial charge in [0.15, 0.2) is 0 Å². The van der Waals surface area contributed by atoms with Crippen molar-refractivity contribution in [3.8, 4) is 0 Å². The van der Waals surface area contributed by atoms with Gasteiger partial charge in [0.2, 0.25) is 0 Å². The van der Waals surface area contributed by atoms with E-state index < -0.39 is 17.8 Å². The minimum atomic E-state index is -0.994. The van der Waals surface area contributed by atoms with E-state index in [0.29, 0.717) is 12.1 Å². The van der Waals surface area contributed by atoms with E-state index in [1.165, 1.54) is 0 Å². The molecule has 0 radical (unpaired) electrons. The first-order valence-corrected chi connectivity index (χ1v) is 8.08. The Labute approximate surface area is 137 Å². The molecule has 2 unspecified atom stereocenters. The van der Waals surface area contributed by atoms with Crippen molar-refractivity contribution in [2.75, 3.05) is 0 Å². The Bertz CT molecular complexity index is 703. The Hall–Kier alpha value is -1.75. The van der Waals surface area contributed by atoms with Gasteiger partial charge >= 0.3 is 5.97 Å². The third-order valence-electron chi connectivity index (χ3n) is 4.37. The molecule has 1 aliphatic carbocycles. The number of halogens is 1. The molecule has 0 amide bonds. The number of Topliss-reactive ketones (excluding diaryl/α,β-unsaturated/α-hetero) is 1. The van der Waals surface area contributed by atoms with Gasteiger partial charge in [-0.3, -0.25) is 9.79 Å². The van der Waals surface area contributed by atoms with Gasteiger partial charge in [-0.05, 0) is 37.5 Å². The maximum absolute atomic E-state index is 12.4. The molecule has 1 aliphatic heterocycles. The molecule has 0 bridgehead atoms. The summed E-state index contributed by atoms with van der Waals surface area (Å²) in [7, 11) is 0. The molecule has 114 valence electrons. The number of nitrogens with zero attached hydrogens (tertiary/aromatic N) is 1. The van der Waals surface area contributed by atoms with Gasteiger partial charge in [-0.15, -0.1) is 0 Å². The lowest BCUT2D eigenvalue weighted by molar-refractivity contribution is -0.133. The molecule has 4 nitrogen and oxygen atoms in total. The number of hydrogen-bond donors (Lipinski definition) is 1. The van der Waals surface area contributed by atoms with E-state index in [1.807, 2.05) is 24.3 Å². The van der Waals surface area contributed by atoms with Gasteiger partial charge in [0.25, 0.3) is 0 Å². The minimum absolute atomic E-state index is 0.101. The van der Waals surface area contributed by atoms with E-state index >= 15 is 0 Å². The number of aliphatic carboxylic acids is 1. The predicted molar refractivity (Wildman–Crippen MR) is 87.0 cm³/mol. The van der Waals surface area contributed by atoms with Gasteiger partial charge in [0.05, 0.1) is 11.5 Å². The van der Waals surface area contributed by atoms with Crippen LogP contribution in [0, 0.1) is 5.92 Å². The van der Waals surface area contributed by atoms with E-state index in [1.54, 1.807) is 6.92 Å². The van der Waals surface area contributed by atoms with Crippen LogP contribution in [0.2, 0.25) is 0 Å². The van der Waals surface area contributed by atoms with Crippen LogP contribution in [-0.4, -0.2) is 22.6 Å². The predicted octanol–water partition coefficient (Wildman–Crippen LogP) is 3.72. The highest BCUT2D eigenvalue weighted by Crippen LogP contribution is 2.42. The maximum Gasteiger partial charge on any atom is 0.334 e. The zero-order chi connectivity index (χ0) is 15.9. The largest absolute Gasteiger partial charge is 0.478 e. The summed E-state index contributed by atoms with van der Waals surface area (Å²) < 4.78 is 0.925. The zero-order valence-electron chi connectivity index (χ0n) is 12.2. The highest BCUT2D eigenvalue weighted by molar-refractivity contribution is 9.10. The van der Waals surface area contributed by atoms with Crippen LogP contribution in [0.4, 0.5) is 0 Å². The highest BCUT2D eigenvalue weighted by atomic mass is 79.9. The second kappa shape index (κ2) is 5.80. The molecule has 1 heterocycles. The molecule has 5 heteroatoms. The number of carboxylic acid groups (broad SMARTS) is 1. The lowest BCUT2D eigenvalue weighted by atomic mass is 9.69. The first-order valence-electron chi connectivity index (χ1n) is 7.28. The number of benzene rings is 1. The second-order valence-electron chi connectivity index (χ2n) is 5.73. The van der Waals surface area contributed by atoms with Gasteiger partial charge in [0.1, 0.15) is 5.78 Å². The van der Waals surface area contributed by atoms with Crippen molar-refractivity contribution in [3.63, 3.8) is 0 Å². The molecule has 1 fully saturated rings. The minimum Gasteiger partial charge on any atom is -0.478 e. The molecule has 1 aromatic rings. The van der Waals surface area contributed by atoms with Crippen molar-refractivity contribution in [2.24, 2.45) is 10.9 Å². The maximum atomic E-state index is 12.4. The standard InChI is InChI=1S/C17H16BrNO3/c1-9-14(17(21)22)15(10-5-7-11(18)8-6-10)16-12(19-9)3-2-4-13(16)20/h5-8,15-16H,2-4H2,1H3,(H,21,22). The Morgan fingerprint density at radius 1 is 1.23 bits per heavy atom. The number of carboxylic acids is 1.